The molecule has 446 valence electrons. The van der Waals surface area contributed by atoms with E-state index in [4.69, 9.17) is 0 Å². The van der Waals surface area contributed by atoms with Crippen molar-refractivity contribution in [3.05, 3.63) is 259 Å². The molecule has 0 saturated heterocycles. The molecule has 2 aromatic heterocycles. The van der Waals surface area contributed by atoms with Gasteiger partial charge in [0.2, 0.25) is 0 Å². The first-order valence-electron chi connectivity index (χ1n) is 30.2. The average Bonchev–Trinajstić information content (AvgIpc) is 1.54. The molecule has 0 bridgehead atoms. The highest BCUT2D eigenvalue weighted by Crippen LogP contribution is 2.50. The Labute approximate surface area is 520 Å². The van der Waals surface area contributed by atoms with E-state index in [2.05, 4.69) is 191 Å². The van der Waals surface area contributed by atoms with E-state index in [-0.39, 0.29) is 5.56 Å². The number of fused-ring (bicyclic) bond motifs is 6. The number of nitriles is 1. The molecule has 0 aliphatic carbocycles. The van der Waals surface area contributed by atoms with E-state index >= 15 is 26.3 Å². The number of rotatable bonds is 8. The van der Waals surface area contributed by atoms with Gasteiger partial charge >= 0.3 is 12.4 Å². The van der Waals surface area contributed by atoms with Crippen molar-refractivity contribution in [2.24, 2.45) is 0 Å². The standard InChI is InChI=1S/C81H65F6N3/c1-43-28-47(5)75(48(6)29-43)56-18-24-70-63(37-56)64-38-57(76-49(7)30-44(2)31-50(76)8)19-25-71(64)89(70)69-23-16-55(42-88)36-62(69)61-22-17-60(79-67(80(82,83)84)14-13-15-68(79)81(85,86)87)41-74(61)90-72-26-20-58(77-51(9)32-45(3)33-52(77)10)39-65(72)66-40-59(21-27-73(66)90)78-53(11)34-46(4)35-54(78)12/h13-41H,1-12H3. The minimum Gasteiger partial charge on any atom is -0.309 e. The summed E-state index contributed by atoms with van der Waals surface area (Å²) in [7, 11) is 0. The number of nitrogens with zero attached hydrogens (tertiary/aromatic N) is 3. The lowest BCUT2D eigenvalue weighted by Crippen LogP contribution is -2.14. The molecule has 0 spiro atoms. The third kappa shape index (κ3) is 9.94. The van der Waals surface area contributed by atoms with Crippen molar-refractivity contribution in [3.8, 4) is 84.2 Å². The van der Waals surface area contributed by atoms with E-state index in [1.54, 1.807) is 18.2 Å². The summed E-state index contributed by atoms with van der Waals surface area (Å²) in [5, 5.41) is 14.5. The molecule has 3 nitrogen and oxygen atoms in total. The van der Waals surface area contributed by atoms with Crippen LogP contribution in [0.4, 0.5) is 26.3 Å². The number of benzene rings is 11. The Hall–Kier alpha value is -9.91. The molecule has 13 rings (SSSR count). The van der Waals surface area contributed by atoms with Gasteiger partial charge in [0, 0.05) is 38.2 Å². The Morgan fingerprint density at radius 3 is 0.911 bits per heavy atom. The molecular formula is C81H65F6N3. The van der Waals surface area contributed by atoms with Gasteiger partial charge in [-0.25, -0.2) is 0 Å². The van der Waals surface area contributed by atoms with Crippen LogP contribution >= 0.6 is 0 Å². The van der Waals surface area contributed by atoms with Crippen molar-refractivity contribution < 1.29 is 26.3 Å². The lowest BCUT2D eigenvalue weighted by Gasteiger charge is -2.22. The maximum Gasteiger partial charge on any atom is 0.417 e. The Morgan fingerprint density at radius 1 is 0.300 bits per heavy atom. The van der Waals surface area contributed by atoms with Crippen LogP contribution in [0, 0.1) is 94.4 Å². The summed E-state index contributed by atoms with van der Waals surface area (Å²) in [6.45, 7) is 25.2. The van der Waals surface area contributed by atoms with Crippen LogP contribution in [0.2, 0.25) is 0 Å². The van der Waals surface area contributed by atoms with Crippen LogP contribution in [0.3, 0.4) is 0 Å². The van der Waals surface area contributed by atoms with Crippen LogP contribution in [-0.4, -0.2) is 9.13 Å². The van der Waals surface area contributed by atoms with Crippen LogP contribution in [-0.2, 0) is 12.4 Å². The zero-order chi connectivity index (χ0) is 63.7. The van der Waals surface area contributed by atoms with Crippen molar-refractivity contribution in [3.63, 3.8) is 0 Å². The van der Waals surface area contributed by atoms with Crippen LogP contribution in [0.1, 0.15) is 83.5 Å². The van der Waals surface area contributed by atoms with E-state index in [9.17, 15) is 5.26 Å². The first-order chi connectivity index (χ1) is 42.8. The van der Waals surface area contributed by atoms with Crippen LogP contribution in [0.5, 0.6) is 0 Å². The molecule has 0 saturated carbocycles. The Bertz CT molecular complexity index is 4890. The fourth-order valence-electron chi connectivity index (χ4n) is 15.2. The number of aryl methyl sites for hydroxylation is 12. The smallest absolute Gasteiger partial charge is 0.309 e. The van der Waals surface area contributed by atoms with Crippen molar-refractivity contribution in [2.75, 3.05) is 0 Å². The molecule has 0 fully saturated rings. The summed E-state index contributed by atoms with van der Waals surface area (Å²) in [6.07, 6.45) is -10.3. The first kappa shape index (κ1) is 59.1. The topological polar surface area (TPSA) is 33.6 Å². The van der Waals surface area contributed by atoms with E-state index in [0.29, 0.717) is 51.2 Å². The number of alkyl halides is 6. The lowest BCUT2D eigenvalue weighted by molar-refractivity contribution is -0.142. The monoisotopic (exact) mass is 1190 g/mol. The molecule has 13 aromatic rings. The highest BCUT2D eigenvalue weighted by Gasteiger charge is 2.41. The van der Waals surface area contributed by atoms with Crippen molar-refractivity contribution in [2.45, 2.75) is 95.4 Å². The van der Waals surface area contributed by atoms with E-state index in [0.717, 1.165) is 139 Å². The van der Waals surface area contributed by atoms with Crippen LogP contribution < -0.4 is 0 Å². The third-order valence-corrected chi connectivity index (χ3v) is 18.3. The summed E-state index contributed by atoms with van der Waals surface area (Å²) in [5.74, 6) is 0. The van der Waals surface area contributed by atoms with Gasteiger partial charge in [-0.1, -0.05) is 113 Å². The minimum absolute atomic E-state index is 0.285. The first-order valence-corrected chi connectivity index (χ1v) is 30.2. The van der Waals surface area contributed by atoms with Gasteiger partial charge in [-0.15, -0.1) is 0 Å². The normalized spacial score (nSPS) is 12.1. The molecule has 0 unspecified atom stereocenters. The van der Waals surface area contributed by atoms with Gasteiger partial charge in [-0.3, -0.25) is 0 Å². The third-order valence-electron chi connectivity index (χ3n) is 18.3. The predicted molar refractivity (Wildman–Crippen MR) is 359 cm³/mol. The van der Waals surface area contributed by atoms with Crippen molar-refractivity contribution in [1.29, 1.82) is 5.26 Å². The molecule has 9 heteroatoms. The lowest BCUT2D eigenvalue weighted by atomic mass is 9.90. The second-order valence-corrected chi connectivity index (χ2v) is 25.0. The van der Waals surface area contributed by atoms with Gasteiger partial charge in [-0.05, 0) is 263 Å². The summed E-state index contributed by atoms with van der Waals surface area (Å²) in [6, 6.07) is 57.4. The largest absolute Gasteiger partial charge is 0.417 e. The Kier molecular flexibility index (Phi) is 14.2. The molecular weight excluding hydrogens is 1130 g/mol. The zero-order valence-electron chi connectivity index (χ0n) is 52.4. The van der Waals surface area contributed by atoms with E-state index in [1.807, 2.05) is 34.9 Å². The number of aromatic nitrogens is 2. The average molecular weight is 1190 g/mol. The second-order valence-electron chi connectivity index (χ2n) is 25.0. The summed E-state index contributed by atoms with van der Waals surface area (Å²) in [4.78, 5) is 0. The van der Waals surface area contributed by atoms with Gasteiger partial charge in [0.15, 0.2) is 0 Å². The van der Waals surface area contributed by atoms with Gasteiger partial charge in [0.1, 0.15) is 0 Å². The molecule has 0 radical (unpaired) electrons. The number of hydrogen-bond acceptors (Lipinski definition) is 1. The zero-order valence-corrected chi connectivity index (χ0v) is 52.4. The molecule has 0 atom stereocenters. The highest BCUT2D eigenvalue weighted by molar-refractivity contribution is 6.14. The van der Waals surface area contributed by atoms with Crippen LogP contribution in [0.25, 0.3) is 122 Å². The van der Waals surface area contributed by atoms with Gasteiger partial charge in [0.05, 0.1) is 56.2 Å². The van der Waals surface area contributed by atoms with Crippen LogP contribution in [0.15, 0.2) is 176 Å². The molecule has 90 heavy (non-hydrogen) atoms. The molecule has 0 aliphatic rings. The minimum atomic E-state index is -5.16. The van der Waals surface area contributed by atoms with Gasteiger partial charge in [-0.2, -0.15) is 31.6 Å². The number of halogens is 6. The quantitative estimate of drug-likeness (QED) is 0.140. The molecule has 0 aliphatic heterocycles. The molecule has 2 heterocycles. The SMILES string of the molecule is Cc1cc(C)c(-c2ccc3c(c2)c2cc(-c4c(C)cc(C)cc4C)ccc2n3-c2ccc(C#N)cc2-c2ccc(-c3c(C(F)(F)F)cccc3C(F)(F)F)cc2-n2c3ccc(-c4c(C)cc(C)cc4C)cc3c3cc(-c4c(C)cc(C)cc4C)ccc32)c(C)c1. The number of hydrogen-bond donors (Lipinski definition) is 0. The fourth-order valence-corrected chi connectivity index (χ4v) is 15.2. The summed E-state index contributed by atoms with van der Waals surface area (Å²) < 4.78 is 96.8. The van der Waals surface area contributed by atoms with E-state index < -0.39 is 29.0 Å². The van der Waals surface area contributed by atoms with Gasteiger partial charge in [0.25, 0.3) is 0 Å². The van der Waals surface area contributed by atoms with Gasteiger partial charge < -0.3 is 9.13 Å². The summed E-state index contributed by atoms with van der Waals surface area (Å²) >= 11 is 0. The van der Waals surface area contributed by atoms with E-state index in [1.165, 1.54) is 23.3 Å². The molecule has 0 amide bonds. The maximum absolute atomic E-state index is 15.4. The predicted octanol–water partition coefficient (Wildman–Crippen LogP) is 23.5. The van der Waals surface area contributed by atoms with Crippen molar-refractivity contribution >= 4 is 43.6 Å². The maximum atomic E-state index is 15.4. The second kappa shape index (κ2) is 21.7. The Morgan fingerprint density at radius 2 is 0.600 bits per heavy atom. The Balaban J connectivity index is 1.17. The molecule has 0 N–H and O–H groups in total. The highest BCUT2D eigenvalue weighted by atomic mass is 19.4. The summed E-state index contributed by atoms with van der Waals surface area (Å²) in [5.41, 5.74) is 23.1. The molecule has 11 aromatic carbocycles. The van der Waals surface area contributed by atoms with Crippen molar-refractivity contribution in [1.82, 2.24) is 9.13 Å². The fraction of sp³-hybridized carbons (Fsp3) is 0.173.